The maximum absolute atomic E-state index is 5.88. The zero-order chi connectivity index (χ0) is 15.7. The van der Waals surface area contributed by atoms with Gasteiger partial charge in [0.15, 0.2) is 5.96 Å². The fraction of sp³-hybridized carbons (Fsp3) is 0.750. The summed E-state index contributed by atoms with van der Waals surface area (Å²) in [6, 6.07) is 0.388. The number of hydrogen-bond acceptors (Lipinski definition) is 4. The fourth-order valence-corrected chi connectivity index (χ4v) is 3.71. The SMILES string of the molecule is CN=C(NCC(C)c1c(C)noc1C)NC1CC2CCC1O2.I. The van der Waals surface area contributed by atoms with Gasteiger partial charge in [-0.25, -0.2) is 0 Å². The fourth-order valence-electron chi connectivity index (χ4n) is 3.71. The standard InChI is InChI=1S/C16H26N4O2.HI/c1-9(15-10(2)20-22-11(15)3)8-18-16(17-4)19-13-7-12-5-6-14(13)21-12;/h9,12-14H,5-8H2,1-4H3,(H2,17,18,19);1H. The lowest BCUT2D eigenvalue weighted by atomic mass is 9.95. The van der Waals surface area contributed by atoms with E-state index >= 15 is 0 Å². The number of nitrogens with one attached hydrogen (secondary N) is 2. The van der Waals surface area contributed by atoms with Crippen LogP contribution in [-0.4, -0.2) is 43.0 Å². The van der Waals surface area contributed by atoms with Crippen molar-refractivity contribution in [3.8, 4) is 0 Å². The summed E-state index contributed by atoms with van der Waals surface area (Å²) < 4.78 is 11.1. The molecule has 0 aliphatic carbocycles. The number of fused-ring (bicyclic) bond motifs is 2. The van der Waals surface area contributed by atoms with E-state index in [2.05, 4.69) is 27.7 Å². The van der Waals surface area contributed by atoms with E-state index < -0.39 is 0 Å². The highest BCUT2D eigenvalue weighted by Crippen LogP contribution is 2.34. The van der Waals surface area contributed by atoms with Gasteiger partial charge < -0.3 is 19.9 Å². The Hall–Kier alpha value is -0.830. The number of aromatic nitrogens is 1. The van der Waals surface area contributed by atoms with Crippen LogP contribution in [0.2, 0.25) is 0 Å². The number of halogens is 1. The molecule has 0 aromatic carbocycles. The van der Waals surface area contributed by atoms with Gasteiger partial charge in [0.25, 0.3) is 0 Å². The summed E-state index contributed by atoms with van der Waals surface area (Å²) in [5.74, 6) is 2.07. The first-order chi connectivity index (χ1) is 10.6. The monoisotopic (exact) mass is 434 g/mol. The van der Waals surface area contributed by atoms with Crippen LogP contribution < -0.4 is 10.6 Å². The third kappa shape index (κ3) is 3.99. The molecular formula is C16H27IN4O2. The topological polar surface area (TPSA) is 71.7 Å². The highest BCUT2D eigenvalue weighted by atomic mass is 127. The predicted molar refractivity (Wildman–Crippen MR) is 101 cm³/mol. The number of aryl methyl sites for hydroxylation is 2. The number of aliphatic imine (C=N–C) groups is 1. The number of ether oxygens (including phenoxy) is 1. The van der Waals surface area contributed by atoms with Crippen molar-refractivity contribution in [2.75, 3.05) is 13.6 Å². The van der Waals surface area contributed by atoms with Crippen molar-refractivity contribution in [2.24, 2.45) is 4.99 Å². The maximum Gasteiger partial charge on any atom is 0.191 e. The van der Waals surface area contributed by atoms with Crippen molar-refractivity contribution in [2.45, 2.75) is 64.2 Å². The van der Waals surface area contributed by atoms with Gasteiger partial charge in [-0.3, -0.25) is 4.99 Å². The zero-order valence-electron chi connectivity index (χ0n) is 14.3. The lowest BCUT2D eigenvalue weighted by molar-refractivity contribution is 0.0992. The summed E-state index contributed by atoms with van der Waals surface area (Å²) in [7, 11) is 1.81. The Balaban J connectivity index is 0.00000192. The van der Waals surface area contributed by atoms with E-state index in [0.717, 1.165) is 36.8 Å². The van der Waals surface area contributed by atoms with Gasteiger partial charge in [-0.1, -0.05) is 12.1 Å². The van der Waals surface area contributed by atoms with Crippen molar-refractivity contribution < 1.29 is 9.26 Å². The van der Waals surface area contributed by atoms with E-state index in [0.29, 0.717) is 24.2 Å². The molecule has 4 unspecified atom stereocenters. The highest BCUT2D eigenvalue weighted by Gasteiger charge is 2.41. The molecule has 0 radical (unpaired) electrons. The molecule has 3 heterocycles. The molecule has 0 saturated carbocycles. The predicted octanol–water partition coefficient (Wildman–Crippen LogP) is 2.50. The van der Waals surface area contributed by atoms with Crippen LogP contribution >= 0.6 is 24.0 Å². The van der Waals surface area contributed by atoms with Crippen molar-refractivity contribution in [3.63, 3.8) is 0 Å². The average molecular weight is 434 g/mol. The molecule has 2 bridgehead atoms. The Morgan fingerprint density at radius 3 is 2.70 bits per heavy atom. The normalized spacial score (nSPS) is 27.7. The zero-order valence-corrected chi connectivity index (χ0v) is 16.6. The van der Waals surface area contributed by atoms with Crippen molar-refractivity contribution in [1.82, 2.24) is 15.8 Å². The molecule has 1 aromatic heterocycles. The Morgan fingerprint density at radius 1 is 1.39 bits per heavy atom. The van der Waals surface area contributed by atoms with Crippen LogP contribution in [0.25, 0.3) is 0 Å². The van der Waals surface area contributed by atoms with Crippen molar-refractivity contribution in [1.29, 1.82) is 0 Å². The lowest BCUT2D eigenvalue weighted by Crippen LogP contribution is -2.48. The van der Waals surface area contributed by atoms with Gasteiger partial charge in [-0.05, 0) is 33.1 Å². The molecule has 130 valence electrons. The molecule has 23 heavy (non-hydrogen) atoms. The summed E-state index contributed by atoms with van der Waals surface area (Å²) in [5.41, 5.74) is 2.16. The molecule has 0 amide bonds. The summed E-state index contributed by atoms with van der Waals surface area (Å²) in [5, 5.41) is 10.9. The van der Waals surface area contributed by atoms with E-state index in [-0.39, 0.29) is 24.0 Å². The van der Waals surface area contributed by atoms with E-state index in [9.17, 15) is 0 Å². The first-order valence-corrected chi connectivity index (χ1v) is 8.14. The molecule has 2 saturated heterocycles. The van der Waals surface area contributed by atoms with Crippen LogP contribution in [0.4, 0.5) is 0 Å². The van der Waals surface area contributed by atoms with Gasteiger partial charge in [0.05, 0.1) is 23.9 Å². The van der Waals surface area contributed by atoms with Gasteiger partial charge in [0.2, 0.25) is 0 Å². The first-order valence-electron chi connectivity index (χ1n) is 8.14. The molecule has 2 fully saturated rings. The Labute approximate surface area is 154 Å². The van der Waals surface area contributed by atoms with Crippen LogP contribution in [0.5, 0.6) is 0 Å². The van der Waals surface area contributed by atoms with Crippen LogP contribution in [0.1, 0.15) is 49.1 Å². The van der Waals surface area contributed by atoms with Gasteiger partial charge in [-0.15, -0.1) is 24.0 Å². The summed E-state index contributed by atoms with van der Waals surface area (Å²) >= 11 is 0. The van der Waals surface area contributed by atoms with Crippen molar-refractivity contribution >= 4 is 29.9 Å². The molecule has 2 N–H and O–H groups in total. The molecule has 2 aliphatic rings. The first kappa shape index (κ1) is 18.5. The summed E-state index contributed by atoms with van der Waals surface area (Å²) in [6.45, 7) is 6.92. The maximum atomic E-state index is 5.88. The molecule has 3 rings (SSSR count). The van der Waals surface area contributed by atoms with E-state index in [1.165, 1.54) is 12.0 Å². The second-order valence-corrected chi connectivity index (χ2v) is 6.45. The Bertz CT molecular complexity index is 541. The molecule has 6 nitrogen and oxygen atoms in total. The van der Waals surface area contributed by atoms with E-state index in [1.807, 2.05) is 20.9 Å². The van der Waals surface area contributed by atoms with E-state index in [1.54, 1.807) is 0 Å². The Kier molecular flexibility index (Phi) is 6.30. The van der Waals surface area contributed by atoms with E-state index in [4.69, 9.17) is 9.26 Å². The van der Waals surface area contributed by atoms with Gasteiger partial charge >= 0.3 is 0 Å². The highest BCUT2D eigenvalue weighted by molar-refractivity contribution is 14.0. The molecule has 0 spiro atoms. The summed E-state index contributed by atoms with van der Waals surface area (Å²) in [4.78, 5) is 4.33. The lowest BCUT2D eigenvalue weighted by Gasteiger charge is -2.23. The number of hydrogen-bond donors (Lipinski definition) is 2. The molecule has 7 heteroatoms. The Morgan fingerprint density at radius 2 is 2.17 bits per heavy atom. The number of rotatable bonds is 4. The molecule has 1 aromatic rings. The molecule has 4 atom stereocenters. The molecule has 2 aliphatic heterocycles. The van der Waals surface area contributed by atoms with Gasteiger partial charge in [0.1, 0.15) is 5.76 Å². The quantitative estimate of drug-likeness (QED) is 0.433. The number of nitrogens with zero attached hydrogens (tertiary/aromatic N) is 2. The van der Waals surface area contributed by atoms with Crippen molar-refractivity contribution in [3.05, 3.63) is 17.0 Å². The third-order valence-corrected chi connectivity index (χ3v) is 4.81. The van der Waals surface area contributed by atoms with Crippen LogP contribution in [0.3, 0.4) is 0 Å². The van der Waals surface area contributed by atoms with Gasteiger partial charge in [-0.2, -0.15) is 0 Å². The second-order valence-electron chi connectivity index (χ2n) is 6.45. The minimum absolute atomic E-state index is 0. The number of guanidine groups is 1. The average Bonchev–Trinajstić information content (AvgIpc) is 3.19. The minimum Gasteiger partial charge on any atom is -0.373 e. The van der Waals surface area contributed by atoms with Crippen LogP contribution in [0, 0.1) is 13.8 Å². The van der Waals surface area contributed by atoms with Gasteiger partial charge in [0, 0.05) is 25.1 Å². The smallest absolute Gasteiger partial charge is 0.191 e. The third-order valence-electron chi connectivity index (χ3n) is 4.81. The largest absolute Gasteiger partial charge is 0.373 e. The second kappa shape index (κ2) is 7.83. The minimum atomic E-state index is 0. The van der Waals surface area contributed by atoms with Crippen LogP contribution in [-0.2, 0) is 4.74 Å². The van der Waals surface area contributed by atoms with Crippen LogP contribution in [0.15, 0.2) is 9.52 Å². The molecular weight excluding hydrogens is 407 g/mol. The summed E-state index contributed by atoms with van der Waals surface area (Å²) in [6.07, 6.45) is 4.25.